The smallest absolute Gasteiger partial charge is 0.341 e. The van der Waals surface area contributed by atoms with E-state index in [0.717, 1.165) is 5.56 Å². The number of rotatable bonds is 3. The third-order valence-corrected chi connectivity index (χ3v) is 5.76. The van der Waals surface area contributed by atoms with Gasteiger partial charge in [-0.15, -0.1) is 0 Å². The van der Waals surface area contributed by atoms with Crippen molar-refractivity contribution in [2.75, 3.05) is 13.2 Å². The summed E-state index contributed by atoms with van der Waals surface area (Å²) in [6.45, 7) is 2.75. The first-order valence-electron chi connectivity index (χ1n) is 7.90. The molecule has 0 radical (unpaired) electrons. The summed E-state index contributed by atoms with van der Waals surface area (Å²) in [4.78, 5) is 12.4. The van der Waals surface area contributed by atoms with Crippen molar-refractivity contribution in [3.05, 3.63) is 29.8 Å². The van der Waals surface area contributed by atoms with Crippen molar-refractivity contribution in [2.24, 2.45) is 11.7 Å². The van der Waals surface area contributed by atoms with Gasteiger partial charge in [-0.25, -0.2) is 0 Å². The van der Waals surface area contributed by atoms with E-state index in [-0.39, 0.29) is 11.3 Å². The Morgan fingerprint density at radius 2 is 1.88 bits per heavy atom. The zero-order valence-corrected chi connectivity index (χ0v) is 14.3. The van der Waals surface area contributed by atoms with E-state index in [1.54, 1.807) is 12.1 Å². The maximum atomic E-state index is 12.4. The van der Waals surface area contributed by atoms with E-state index in [9.17, 15) is 13.2 Å². The molecule has 1 heterocycles. The summed E-state index contributed by atoms with van der Waals surface area (Å²) in [5.41, 5.74) is 6.91. The van der Waals surface area contributed by atoms with Crippen LogP contribution in [0.3, 0.4) is 0 Å². The van der Waals surface area contributed by atoms with Crippen molar-refractivity contribution in [3.8, 4) is 0 Å². The van der Waals surface area contributed by atoms with Crippen molar-refractivity contribution < 1.29 is 26.9 Å². The Morgan fingerprint density at radius 3 is 2.50 bits per heavy atom. The molecule has 0 amide bonds. The Hall–Kier alpha value is -1.48. The highest BCUT2D eigenvalue weighted by atomic mass is 32.2. The average Bonchev–Trinajstić information content (AvgIpc) is 2.98. The minimum atomic E-state index is -4.17. The van der Waals surface area contributed by atoms with E-state index in [1.165, 1.54) is 12.1 Å². The predicted molar refractivity (Wildman–Crippen MR) is 84.4 cm³/mol. The minimum Gasteiger partial charge on any atom is -0.348 e. The highest BCUT2D eigenvalue weighted by Crippen LogP contribution is 2.39. The van der Waals surface area contributed by atoms with Gasteiger partial charge in [0, 0.05) is 18.9 Å². The SMILES string of the molecule is Cc1ccc(S(=O)(=O)OC(=O)C2CC3(CCC2N)OCCO3)cc1. The molecule has 2 fully saturated rings. The van der Waals surface area contributed by atoms with Crippen molar-refractivity contribution in [2.45, 2.75) is 42.9 Å². The van der Waals surface area contributed by atoms with Gasteiger partial charge in [0.1, 0.15) is 4.90 Å². The van der Waals surface area contributed by atoms with Gasteiger partial charge in [0.2, 0.25) is 0 Å². The molecule has 1 aromatic rings. The Morgan fingerprint density at radius 1 is 1.25 bits per heavy atom. The van der Waals surface area contributed by atoms with Crippen molar-refractivity contribution in [1.82, 2.24) is 0 Å². The van der Waals surface area contributed by atoms with Crippen LogP contribution in [0.4, 0.5) is 0 Å². The fourth-order valence-corrected chi connectivity index (χ4v) is 4.02. The Bertz CT molecular complexity index is 709. The first kappa shape index (κ1) is 17.3. The van der Waals surface area contributed by atoms with Gasteiger partial charge in [0.05, 0.1) is 19.1 Å². The van der Waals surface area contributed by atoms with Crippen molar-refractivity contribution in [3.63, 3.8) is 0 Å². The second-order valence-corrected chi connectivity index (χ2v) is 7.84. The van der Waals surface area contributed by atoms with Crippen LogP contribution >= 0.6 is 0 Å². The van der Waals surface area contributed by atoms with E-state index < -0.39 is 33.8 Å². The molecule has 2 aliphatic rings. The summed E-state index contributed by atoms with van der Waals surface area (Å²) < 4.78 is 40.6. The lowest BCUT2D eigenvalue weighted by Gasteiger charge is -2.38. The molecule has 1 saturated carbocycles. The molecule has 1 spiro atoms. The van der Waals surface area contributed by atoms with Crippen LogP contribution in [0.5, 0.6) is 0 Å². The summed E-state index contributed by atoms with van der Waals surface area (Å²) in [6.07, 6.45) is 1.30. The molecule has 2 N–H and O–H groups in total. The Kier molecular flexibility index (Phi) is 4.65. The first-order chi connectivity index (χ1) is 11.3. The largest absolute Gasteiger partial charge is 0.348 e. The molecule has 1 aliphatic heterocycles. The van der Waals surface area contributed by atoms with Crippen LogP contribution in [0.15, 0.2) is 29.2 Å². The monoisotopic (exact) mass is 355 g/mol. The third-order valence-electron chi connectivity index (χ3n) is 4.52. The molecule has 2 unspecified atom stereocenters. The van der Waals surface area contributed by atoms with Crippen LogP contribution < -0.4 is 5.73 Å². The van der Waals surface area contributed by atoms with Crippen molar-refractivity contribution >= 4 is 16.1 Å². The first-order valence-corrected chi connectivity index (χ1v) is 9.31. The van der Waals surface area contributed by atoms with Gasteiger partial charge in [-0.05, 0) is 25.5 Å². The number of nitrogens with two attached hydrogens (primary N) is 1. The summed E-state index contributed by atoms with van der Waals surface area (Å²) >= 11 is 0. The molecule has 7 nitrogen and oxygen atoms in total. The van der Waals surface area contributed by atoms with Crippen LogP contribution in [0.25, 0.3) is 0 Å². The maximum absolute atomic E-state index is 12.4. The second-order valence-electron chi connectivity index (χ2n) is 6.29. The van der Waals surface area contributed by atoms with E-state index >= 15 is 0 Å². The summed E-state index contributed by atoms with van der Waals surface area (Å²) in [7, 11) is -4.17. The number of carbonyl (C=O) groups is 1. The van der Waals surface area contributed by atoms with Gasteiger partial charge in [-0.3, -0.25) is 4.79 Å². The lowest BCUT2D eigenvalue weighted by molar-refractivity contribution is -0.194. The highest BCUT2D eigenvalue weighted by molar-refractivity contribution is 7.87. The predicted octanol–water partition coefficient (Wildman–Crippen LogP) is 1.10. The number of hydrogen-bond acceptors (Lipinski definition) is 7. The molecular weight excluding hydrogens is 334 g/mol. The van der Waals surface area contributed by atoms with E-state index in [2.05, 4.69) is 0 Å². The van der Waals surface area contributed by atoms with Crippen LogP contribution in [-0.4, -0.2) is 39.4 Å². The van der Waals surface area contributed by atoms with Gasteiger partial charge in [0.25, 0.3) is 0 Å². The van der Waals surface area contributed by atoms with E-state index in [1.807, 2.05) is 6.92 Å². The fourth-order valence-electron chi connectivity index (χ4n) is 3.12. The molecule has 24 heavy (non-hydrogen) atoms. The Labute approximate surface area is 141 Å². The van der Waals surface area contributed by atoms with Crippen LogP contribution in [0, 0.1) is 12.8 Å². The average molecular weight is 355 g/mol. The topological polar surface area (TPSA) is 105 Å². The molecule has 3 rings (SSSR count). The molecule has 1 saturated heterocycles. The van der Waals surface area contributed by atoms with Gasteiger partial charge < -0.3 is 19.4 Å². The molecule has 8 heteroatoms. The van der Waals surface area contributed by atoms with Gasteiger partial charge in [0.15, 0.2) is 5.79 Å². The highest BCUT2D eigenvalue weighted by Gasteiger charge is 2.47. The second kappa shape index (κ2) is 6.44. The lowest BCUT2D eigenvalue weighted by atomic mass is 9.81. The molecule has 1 aliphatic carbocycles. The Balaban J connectivity index is 1.74. The fraction of sp³-hybridized carbons (Fsp3) is 0.562. The molecule has 1 aromatic carbocycles. The molecule has 132 valence electrons. The maximum Gasteiger partial charge on any atom is 0.341 e. The summed E-state index contributed by atoms with van der Waals surface area (Å²) in [6, 6.07) is 5.61. The summed E-state index contributed by atoms with van der Waals surface area (Å²) in [5.74, 6) is -2.48. The standard InChI is InChI=1S/C16H21NO6S/c1-11-2-4-12(5-3-11)24(19,20)23-15(18)13-10-16(7-6-14(13)17)21-8-9-22-16/h2-5,13-14H,6-10,17H2,1H3. The molecule has 0 bridgehead atoms. The van der Waals surface area contributed by atoms with Gasteiger partial charge >= 0.3 is 16.1 Å². The number of ether oxygens (including phenoxy) is 2. The quantitative estimate of drug-likeness (QED) is 0.809. The van der Waals surface area contributed by atoms with Crippen molar-refractivity contribution in [1.29, 1.82) is 0 Å². The zero-order chi connectivity index (χ0) is 17.4. The lowest BCUT2D eigenvalue weighted by Crippen LogP contribution is -2.49. The normalized spacial score (nSPS) is 26.4. The number of carbonyl (C=O) groups excluding carboxylic acids is 1. The van der Waals surface area contributed by atoms with Crippen LogP contribution in [-0.2, 0) is 28.6 Å². The third kappa shape index (κ3) is 3.46. The molecular formula is C16H21NO6S. The van der Waals surface area contributed by atoms with E-state index in [4.69, 9.17) is 19.4 Å². The number of aryl methyl sites for hydroxylation is 1. The molecule has 0 aromatic heterocycles. The number of hydrogen-bond donors (Lipinski definition) is 1. The van der Waals surface area contributed by atoms with Gasteiger partial charge in [-0.1, -0.05) is 17.7 Å². The van der Waals surface area contributed by atoms with Crippen LogP contribution in [0.1, 0.15) is 24.8 Å². The van der Waals surface area contributed by atoms with Gasteiger partial charge in [-0.2, -0.15) is 8.42 Å². The van der Waals surface area contributed by atoms with E-state index in [0.29, 0.717) is 26.1 Å². The molecule has 2 atom stereocenters. The summed E-state index contributed by atoms with van der Waals surface area (Å²) in [5, 5.41) is 0. The number of benzene rings is 1. The van der Waals surface area contributed by atoms with Crippen LogP contribution in [0.2, 0.25) is 0 Å². The zero-order valence-electron chi connectivity index (χ0n) is 13.4. The minimum absolute atomic E-state index is 0.0612.